The van der Waals surface area contributed by atoms with Crippen LogP contribution in [-0.4, -0.2) is 63.7 Å². The molecule has 1 aromatic heterocycles. The molecule has 3 aromatic rings. The summed E-state index contributed by atoms with van der Waals surface area (Å²) in [5, 5.41) is 0.721. The molecule has 0 bridgehead atoms. The maximum atomic E-state index is 13.4. The van der Waals surface area contributed by atoms with Crippen molar-refractivity contribution in [2.75, 3.05) is 57.7 Å². The van der Waals surface area contributed by atoms with Crippen molar-refractivity contribution in [1.82, 2.24) is 9.88 Å². The lowest BCUT2D eigenvalue weighted by molar-refractivity contribution is 0.0986. The van der Waals surface area contributed by atoms with E-state index in [4.69, 9.17) is 9.72 Å². The number of fused-ring (bicyclic) bond motifs is 1. The number of hydrogen-bond donors (Lipinski definition) is 0. The first kappa shape index (κ1) is 22.1. The van der Waals surface area contributed by atoms with Crippen LogP contribution in [0.5, 0.6) is 5.75 Å². The minimum Gasteiger partial charge on any atom is -0.494 e. The van der Waals surface area contributed by atoms with E-state index >= 15 is 0 Å². The van der Waals surface area contributed by atoms with E-state index < -0.39 is 0 Å². The van der Waals surface area contributed by atoms with E-state index in [9.17, 15) is 4.79 Å². The lowest BCUT2D eigenvalue weighted by Crippen LogP contribution is -2.33. The molecule has 0 N–H and O–H groups in total. The largest absolute Gasteiger partial charge is 0.494 e. The van der Waals surface area contributed by atoms with E-state index in [0.29, 0.717) is 18.7 Å². The number of rotatable bonds is 9. The molecule has 3 rings (SSSR count). The minimum atomic E-state index is -0.0249. The summed E-state index contributed by atoms with van der Waals surface area (Å²) in [5.74, 6) is 0.799. The molecule has 0 aliphatic heterocycles. The van der Waals surface area contributed by atoms with Crippen molar-refractivity contribution in [2.45, 2.75) is 13.3 Å². The number of aromatic nitrogens is 1. The molecule has 0 aliphatic rings. The summed E-state index contributed by atoms with van der Waals surface area (Å²) in [6, 6.07) is 13.6. The van der Waals surface area contributed by atoms with Crippen molar-refractivity contribution in [2.24, 2.45) is 0 Å². The highest BCUT2D eigenvalue weighted by Gasteiger charge is 2.21. The Morgan fingerprint density at radius 3 is 2.40 bits per heavy atom. The van der Waals surface area contributed by atoms with Gasteiger partial charge in [0, 0.05) is 31.9 Å². The fourth-order valence-corrected chi connectivity index (χ4v) is 4.17. The normalized spacial score (nSPS) is 11.1. The predicted octanol–water partition coefficient (Wildman–Crippen LogP) is 4.36. The quantitative estimate of drug-likeness (QED) is 0.509. The van der Waals surface area contributed by atoms with Gasteiger partial charge in [0.25, 0.3) is 5.91 Å². The molecule has 7 heteroatoms. The Kier molecular flexibility index (Phi) is 7.29. The molecular weight excluding hydrogens is 396 g/mol. The van der Waals surface area contributed by atoms with E-state index in [-0.39, 0.29) is 5.91 Å². The number of nitrogens with zero attached hydrogens (tertiary/aromatic N) is 4. The molecule has 0 saturated heterocycles. The summed E-state index contributed by atoms with van der Waals surface area (Å²) in [6.07, 6.45) is 0.870. The van der Waals surface area contributed by atoms with Gasteiger partial charge in [-0.25, -0.2) is 4.98 Å². The second-order valence-corrected chi connectivity index (χ2v) is 8.62. The summed E-state index contributed by atoms with van der Waals surface area (Å²) in [4.78, 5) is 24.1. The Morgan fingerprint density at radius 1 is 1.03 bits per heavy atom. The van der Waals surface area contributed by atoms with Gasteiger partial charge in [0.1, 0.15) is 5.75 Å². The molecule has 2 aromatic carbocycles. The number of amides is 1. The highest BCUT2D eigenvalue weighted by atomic mass is 32.1. The van der Waals surface area contributed by atoms with Crippen molar-refractivity contribution in [3.8, 4) is 5.75 Å². The number of hydrogen-bond acceptors (Lipinski definition) is 6. The van der Waals surface area contributed by atoms with Gasteiger partial charge in [-0.15, -0.1) is 0 Å². The lowest BCUT2D eigenvalue weighted by atomic mass is 10.1. The third-order valence-corrected chi connectivity index (χ3v) is 5.79. The minimum absolute atomic E-state index is 0.0249. The van der Waals surface area contributed by atoms with Gasteiger partial charge in [0.2, 0.25) is 0 Å². The maximum absolute atomic E-state index is 13.4. The molecule has 0 unspecified atom stereocenters. The Labute approximate surface area is 182 Å². The van der Waals surface area contributed by atoms with Gasteiger partial charge in [-0.1, -0.05) is 11.3 Å². The molecule has 30 heavy (non-hydrogen) atoms. The predicted molar refractivity (Wildman–Crippen MR) is 126 cm³/mol. The second-order valence-electron chi connectivity index (χ2n) is 7.61. The number of carbonyl (C=O) groups excluding carboxylic acids is 1. The average Bonchev–Trinajstić information content (AvgIpc) is 3.14. The molecule has 0 fully saturated rings. The van der Waals surface area contributed by atoms with Gasteiger partial charge < -0.3 is 14.5 Å². The first-order valence-electron chi connectivity index (χ1n) is 10.2. The summed E-state index contributed by atoms with van der Waals surface area (Å²) < 4.78 is 6.63. The van der Waals surface area contributed by atoms with Crippen LogP contribution in [-0.2, 0) is 0 Å². The van der Waals surface area contributed by atoms with Gasteiger partial charge in [-0.05, 0) is 76.4 Å². The summed E-state index contributed by atoms with van der Waals surface area (Å²) >= 11 is 1.53. The van der Waals surface area contributed by atoms with E-state index in [1.165, 1.54) is 11.3 Å². The summed E-state index contributed by atoms with van der Waals surface area (Å²) in [7, 11) is 8.06. The van der Waals surface area contributed by atoms with E-state index in [2.05, 4.69) is 4.90 Å². The Bertz CT molecular complexity index is 983. The number of thiazole rings is 1. The summed E-state index contributed by atoms with van der Waals surface area (Å²) in [5.41, 5.74) is 2.61. The maximum Gasteiger partial charge on any atom is 0.260 e. The zero-order valence-electron chi connectivity index (χ0n) is 18.4. The summed E-state index contributed by atoms with van der Waals surface area (Å²) in [6.45, 7) is 4.11. The van der Waals surface area contributed by atoms with E-state index in [1.54, 1.807) is 4.90 Å². The van der Waals surface area contributed by atoms with Crippen molar-refractivity contribution in [3.63, 3.8) is 0 Å². The average molecular weight is 427 g/mol. The first-order chi connectivity index (χ1) is 14.4. The molecular formula is C23H30N4O2S. The second kappa shape index (κ2) is 9.91. The molecule has 0 radical (unpaired) electrons. The zero-order valence-corrected chi connectivity index (χ0v) is 19.2. The van der Waals surface area contributed by atoms with Crippen LogP contribution in [0.3, 0.4) is 0 Å². The smallest absolute Gasteiger partial charge is 0.260 e. The SMILES string of the molecule is CCOc1ccc2nc(N(CCCN(C)C)C(=O)c3ccc(N(C)C)cc3)sc2c1. The van der Waals surface area contributed by atoms with Gasteiger partial charge in [0.15, 0.2) is 5.13 Å². The fourth-order valence-electron chi connectivity index (χ4n) is 3.15. The molecule has 1 amide bonds. The monoisotopic (exact) mass is 426 g/mol. The van der Waals surface area contributed by atoms with Crippen LogP contribution in [0, 0.1) is 0 Å². The topological polar surface area (TPSA) is 48.9 Å². The van der Waals surface area contributed by atoms with E-state index in [0.717, 1.165) is 39.8 Å². The number of benzene rings is 2. The first-order valence-corrected chi connectivity index (χ1v) is 11.0. The van der Waals surface area contributed by atoms with Gasteiger partial charge in [-0.3, -0.25) is 9.69 Å². The van der Waals surface area contributed by atoms with Crippen LogP contribution in [0.4, 0.5) is 10.8 Å². The third-order valence-electron chi connectivity index (χ3n) is 4.75. The van der Waals surface area contributed by atoms with Gasteiger partial charge >= 0.3 is 0 Å². The van der Waals surface area contributed by atoms with Crippen molar-refractivity contribution >= 4 is 38.3 Å². The molecule has 0 atom stereocenters. The Hall–Kier alpha value is -2.64. The van der Waals surface area contributed by atoms with E-state index in [1.807, 2.05) is 82.5 Å². The third kappa shape index (κ3) is 5.29. The van der Waals surface area contributed by atoms with Crippen LogP contribution in [0.1, 0.15) is 23.7 Å². The highest BCUT2D eigenvalue weighted by Crippen LogP contribution is 2.32. The van der Waals surface area contributed by atoms with Crippen LogP contribution in [0.2, 0.25) is 0 Å². The van der Waals surface area contributed by atoms with Crippen LogP contribution >= 0.6 is 11.3 Å². The van der Waals surface area contributed by atoms with Crippen LogP contribution < -0.4 is 14.5 Å². The number of carbonyl (C=O) groups is 1. The molecule has 0 spiro atoms. The van der Waals surface area contributed by atoms with Crippen molar-refractivity contribution in [1.29, 1.82) is 0 Å². The molecule has 160 valence electrons. The fraction of sp³-hybridized carbons (Fsp3) is 0.391. The Morgan fingerprint density at radius 2 is 1.77 bits per heavy atom. The standard InChI is InChI=1S/C23H30N4O2S/c1-6-29-19-12-13-20-21(16-19)30-23(24-20)27(15-7-14-25(2)3)22(28)17-8-10-18(11-9-17)26(4)5/h8-13,16H,6-7,14-15H2,1-5H3. The number of anilines is 2. The van der Waals surface area contributed by atoms with Gasteiger partial charge in [0.05, 0.1) is 16.8 Å². The highest BCUT2D eigenvalue weighted by molar-refractivity contribution is 7.22. The molecule has 0 aliphatic carbocycles. The van der Waals surface area contributed by atoms with Crippen molar-refractivity contribution in [3.05, 3.63) is 48.0 Å². The van der Waals surface area contributed by atoms with Crippen LogP contribution in [0.15, 0.2) is 42.5 Å². The molecule has 1 heterocycles. The number of ether oxygens (including phenoxy) is 1. The van der Waals surface area contributed by atoms with Crippen LogP contribution in [0.25, 0.3) is 10.2 Å². The lowest BCUT2D eigenvalue weighted by Gasteiger charge is -2.21. The molecule has 0 saturated carbocycles. The van der Waals surface area contributed by atoms with Gasteiger partial charge in [-0.2, -0.15) is 0 Å². The van der Waals surface area contributed by atoms with Crippen molar-refractivity contribution < 1.29 is 9.53 Å². The molecule has 6 nitrogen and oxygen atoms in total. The Balaban J connectivity index is 1.91. The zero-order chi connectivity index (χ0) is 21.7.